The summed E-state index contributed by atoms with van der Waals surface area (Å²) in [5.41, 5.74) is 3.63. The van der Waals surface area contributed by atoms with Crippen molar-refractivity contribution in [3.63, 3.8) is 0 Å². The van der Waals surface area contributed by atoms with Crippen molar-refractivity contribution in [1.29, 1.82) is 5.41 Å². The molecule has 0 saturated heterocycles. The van der Waals surface area contributed by atoms with Crippen molar-refractivity contribution in [2.24, 2.45) is 5.92 Å². The van der Waals surface area contributed by atoms with E-state index in [2.05, 4.69) is 13.8 Å². The monoisotopic (exact) mass is 212 g/mol. The third-order valence-corrected chi connectivity index (χ3v) is 2.92. The number of hydrogen-bond donors (Lipinski definition) is 3. The minimum absolute atomic E-state index is 0.526. The molecular weight excluding hydrogens is 188 g/mol. The number of unbranched alkanes of at least 4 members (excludes halogenated alkanes) is 1. The molecule has 3 N–H and O–H groups in total. The van der Waals surface area contributed by atoms with Crippen molar-refractivity contribution < 1.29 is 5.21 Å². The molecule has 0 fully saturated rings. The highest BCUT2D eigenvalue weighted by Crippen LogP contribution is 2.15. The first kappa shape index (κ1) is 14.2. The Bertz CT molecular complexity index is 212. The predicted molar refractivity (Wildman–Crippen MR) is 64.3 cm³/mol. The number of hydroxylamine groups is 1. The average molecular weight is 212 g/mol. The molecule has 0 aromatic carbocycles. The van der Waals surface area contributed by atoms with Gasteiger partial charge in [0.2, 0.25) is 0 Å². The maximum atomic E-state index is 8.72. The van der Waals surface area contributed by atoms with Crippen LogP contribution in [0.15, 0.2) is 11.3 Å². The highest BCUT2D eigenvalue weighted by Gasteiger charge is 2.01. The Morgan fingerprint density at radius 3 is 2.60 bits per heavy atom. The second-order valence-corrected chi connectivity index (χ2v) is 4.21. The molecule has 3 nitrogen and oxygen atoms in total. The summed E-state index contributed by atoms with van der Waals surface area (Å²) in [5.74, 6) is 0.812. The lowest BCUT2D eigenvalue weighted by Crippen LogP contribution is -2.10. The van der Waals surface area contributed by atoms with Crippen molar-refractivity contribution in [3.8, 4) is 0 Å². The summed E-state index contributed by atoms with van der Waals surface area (Å²) in [6, 6.07) is 0. The first-order chi connectivity index (χ1) is 7.15. The molecule has 0 aliphatic carbocycles. The number of rotatable bonds is 8. The minimum atomic E-state index is 0.526. The molecule has 3 heteroatoms. The molecule has 0 aliphatic heterocycles. The van der Waals surface area contributed by atoms with Gasteiger partial charge >= 0.3 is 0 Å². The molecule has 0 aliphatic rings. The Morgan fingerprint density at radius 2 is 2.13 bits per heavy atom. The van der Waals surface area contributed by atoms with Crippen molar-refractivity contribution >= 4 is 6.21 Å². The van der Waals surface area contributed by atoms with E-state index in [9.17, 15) is 0 Å². The van der Waals surface area contributed by atoms with E-state index in [4.69, 9.17) is 10.6 Å². The molecule has 0 rings (SSSR count). The van der Waals surface area contributed by atoms with Gasteiger partial charge in [0.05, 0.1) is 5.70 Å². The Labute approximate surface area is 93.0 Å². The summed E-state index contributed by atoms with van der Waals surface area (Å²) in [6.07, 6.45) is 6.99. The normalized spacial score (nSPS) is 14.4. The van der Waals surface area contributed by atoms with E-state index in [1.807, 2.05) is 12.4 Å². The lowest BCUT2D eigenvalue weighted by atomic mass is 9.99. The predicted octanol–water partition coefficient (Wildman–Crippen LogP) is 3.50. The van der Waals surface area contributed by atoms with Gasteiger partial charge in [0, 0.05) is 6.21 Å². The van der Waals surface area contributed by atoms with Gasteiger partial charge in [-0.15, -0.1) is 0 Å². The van der Waals surface area contributed by atoms with Crippen LogP contribution in [-0.2, 0) is 0 Å². The third-order valence-electron chi connectivity index (χ3n) is 2.92. The first-order valence-corrected chi connectivity index (χ1v) is 5.76. The van der Waals surface area contributed by atoms with Crippen molar-refractivity contribution in [2.75, 3.05) is 0 Å². The zero-order valence-electron chi connectivity index (χ0n) is 10.1. The Morgan fingerprint density at radius 1 is 1.47 bits per heavy atom. The van der Waals surface area contributed by atoms with Crippen molar-refractivity contribution in [2.45, 2.75) is 52.9 Å². The van der Waals surface area contributed by atoms with Crippen LogP contribution in [0.4, 0.5) is 0 Å². The van der Waals surface area contributed by atoms with Crippen LogP contribution in [0, 0.1) is 11.3 Å². The molecule has 1 atom stereocenters. The van der Waals surface area contributed by atoms with Gasteiger partial charge in [0.25, 0.3) is 0 Å². The Kier molecular flexibility index (Phi) is 8.01. The van der Waals surface area contributed by atoms with Crippen LogP contribution in [0.5, 0.6) is 0 Å². The van der Waals surface area contributed by atoms with Crippen LogP contribution >= 0.6 is 0 Å². The number of nitrogens with one attached hydrogen (secondary N) is 2. The molecule has 0 radical (unpaired) electrons. The summed E-state index contributed by atoms with van der Waals surface area (Å²) in [7, 11) is 0. The molecule has 15 heavy (non-hydrogen) atoms. The molecule has 0 spiro atoms. The van der Waals surface area contributed by atoms with E-state index in [-0.39, 0.29) is 0 Å². The van der Waals surface area contributed by atoms with E-state index in [0.717, 1.165) is 30.5 Å². The largest absolute Gasteiger partial charge is 0.307 e. The summed E-state index contributed by atoms with van der Waals surface area (Å²) in [6.45, 7) is 6.45. The van der Waals surface area contributed by atoms with Gasteiger partial charge in [-0.05, 0) is 31.3 Å². The molecule has 0 heterocycles. The lowest BCUT2D eigenvalue weighted by molar-refractivity contribution is 0.206. The fourth-order valence-electron chi connectivity index (χ4n) is 1.47. The van der Waals surface area contributed by atoms with Crippen LogP contribution in [0.1, 0.15) is 52.9 Å². The molecule has 0 amide bonds. The Hall–Kier alpha value is -0.830. The smallest absolute Gasteiger partial charge is 0.0766 e. The van der Waals surface area contributed by atoms with E-state index < -0.39 is 0 Å². The third kappa shape index (κ3) is 6.28. The van der Waals surface area contributed by atoms with E-state index in [1.54, 1.807) is 0 Å². The second kappa shape index (κ2) is 8.48. The fourth-order valence-corrected chi connectivity index (χ4v) is 1.47. The van der Waals surface area contributed by atoms with Gasteiger partial charge in [-0.3, -0.25) is 10.7 Å². The highest BCUT2D eigenvalue weighted by atomic mass is 16.5. The maximum absolute atomic E-state index is 8.72. The first-order valence-electron chi connectivity index (χ1n) is 5.76. The maximum Gasteiger partial charge on any atom is 0.0766 e. The van der Waals surface area contributed by atoms with Crippen LogP contribution in [0.25, 0.3) is 0 Å². The zero-order valence-corrected chi connectivity index (χ0v) is 10.1. The molecular formula is C12H24N2O. The van der Waals surface area contributed by atoms with E-state index >= 15 is 0 Å². The highest BCUT2D eigenvalue weighted by molar-refractivity contribution is 5.75. The van der Waals surface area contributed by atoms with Gasteiger partial charge < -0.3 is 5.41 Å². The van der Waals surface area contributed by atoms with Crippen molar-refractivity contribution in [1.82, 2.24) is 5.48 Å². The lowest BCUT2D eigenvalue weighted by Gasteiger charge is -2.09. The van der Waals surface area contributed by atoms with Gasteiger partial charge in [-0.1, -0.05) is 33.1 Å². The van der Waals surface area contributed by atoms with E-state index in [1.165, 1.54) is 19.3 Å². The molecule has 88 valence electrons. The quantitative estimate of drug-likeness (QED) is 0.328. The zero-order chi connectivity index (χ0) is 11.7. The van der Waals surface area contributed by atoms with Gasteiger partial charge in [0.1, 0.15) is 0 Å². The van der Waals surface area contributed by atoms with Crippen LogP contribution in [0.3, 0.4) is 0 Å². The molecule has 0 aromatic rings. The van der Waals surface area contributed by atoms with Crippen LogP contribution < -0.4 is 5.48 Å². The standard InChI is InChI=1S/C12H24N2O/c1-4-10(2)7-5-6-8-11(3)12(9-13)14-15/h9-10,13-15H,4-8H2,1-3H3/b12-11-,13-9?. The summed E-state index contributed by atoms with van der Waals surface area (Å²) < 4.78 is 0. The van der Waals surface area contributed by atoms with Gasteiger partial charge in [0.15, 0.2) is 0 Å². The van der Waals surface area contributed by atoms with Crippen LogP contribution in [-0.4, -0.2) is 11.4 Å². The number of allylic oxidation sites excluding steroid dienone is 2. The SMILES string of the molecule is CCC(C)CCCC/C(C)=C(/C=N)NO. The molecule has 0 bridgehead atoms. The Balaban J connectivity index is 3.76. The summed E-state index contributed by atoms with van der Waals surface area (Å²) in [4.78, 5) is 0. The molecule has 0 aromatic heterocycles. The molecule has 0 saturated carbocycles. The average Bonchev–Trinajstić information content (AvgIpc) is 2.25. The fraction of sp³-hybridized carbons (Fsp3) is 0.750. The summed E-state index contributed by atoms with van der Waals surface area (Å²) in [5, 5.41) is 15.8. The number of hydrogen-bond acceptors (Lipinski definition) is 3. The topological polar surface area (TPSA) is 56.1 Å². The van der Waals surface area contributed by atoms with Gasteiger partial charge in [-0.25, -0.2) is 0 Å². The van der Waals surface area contributed by atoms with Crippen LogP contribution in [0.2, 0.25) is 0 Å². The van der Waals surface area contributed by atoms with Crippen molar-refractivity contribution in [3.05, 3.63) is 11.3 Å². The second-order valence-electron chi connectivity index (χ2n) is 4.21. The minimum Gasteiger partial charge on any atom is -0.307 e. The summed E-state index contributed by atoms with van der Waals surface area (Å²) >= 11 is 0. The van der Waals surface area contributed by atoms with E-state index in [0.29, 0.717) is 5.70 Å². The van der Waals surface area contributed by atoms with Gasteiger partial charge in [-0.2, -0.15) is 0 Å². The molecule has 1 unspecified atom stereocenters.